The number of pyridine rings is 1. The van der Waals surface area contributed by atoms with Crippen LogP contribution in [0.2, 0.25) is 0 Å². The van der Waals surface area contributed by atoms with E-state index in [0.717, 1.165) is 22.0 Å². The van der Waals surface area contributed by atoms with E-state index in [1.54, 1.807) is 12.4 Å². The number of anilines is 1. The number of hydrogen-bond donors (Lipinski definition) is 3. The number of aromatic nitrogens is 1. The molecule has 0 unspecified atom stereocenters. The van der Waals surface area contributed by atoms with Crippen LogP contribution in [0.15, 0.2) is 73.1 Å². The van der Waals surface area contributed by atoms with Gasteiger partial charge in [0.05, 0.1) is 5.69 Å². The Balaban J connectivity index is 0.000000257. The molecule has 5 nitrogen and oxygen atoms in total. The lowest BCUT2D eigenvalue weighted by molar-refractivity contribution is 0.252. The fraction of sp³-hybridized carbons (Fsp3) is 0.214. The van der Waals surface area contributed by atoms with E-state index in [1.165, 1.54) is 27.8 Å². The summed E-state index contributed by atoms with van der Waals surface area (Å²) in [5, 5.41) is 7.77. The smallest absolute Gasteiger partial charge is 0.319 e. The zero-order chi connectivity index (χ0) is 23.8. The van der Waals surface area contributed by atoms with Crippen LogP contribution in [0.1, 0.15) is 33.4 Å². The molecule has 0 radical (unpaired) electrons. The van der Waals surface area contributed by atoms with Gasteiger partial charge in [-0.25, -0.2) is 4.79 Å². The fourth-order valence-electron chi connectivity index (χ4n) is 3.42. The van der Waals surface area contributed by atoms with E-state index in [4.69, 9.17) is 5.73 Å². The number of carbonyl (C=O) groups is 1. The van der Waals surface area contributed by atoms with Gasteiger partial charge in [0, 0.05) is 36.3 Å². The average molecular weight is 441 g/mol. The minimum absolute atomic E-state index is 0.215. The second-order valence-corrected chi connectivity index (χ2v) is 8.25. The van der Waals surface area contributed by atoms with Crippen molar-refractivity contribution in [3.63, 3.8) is 0 Å². The lowest BCUT2D eigenvalue weighted by Gasteiger charge is -2.11. The highest BCUT2D eigenvalue weighted by molar-refractivity contribution is 6.01. The molecule has 4 N–H and O–H groups in total. The van der Waals surface area contributed by atoms with Crippen molar-refractivity contribution >= 4 is 22.5 Å². The molecule has 0 aliphatic carbocycles. The summed E-state index contributed by atoms with van der Waals surface area (Å²) in [6.07, 6.45) is 3.51. The highest BCUT2D eigenvalue weighted by Gasteiger charge is 2.06. The van der Waals surface area contributed by atoms with Crippen molar-refractivity contribution in [2.45, 2.75) is 40.8 Å². The van der Waals surface area contributed by atoms with Gasteiger partial charge in [0.1, 0.15) is 0 Å². The molecule has 0 saturated carbocycles. The second kappa shape index (κ2) is 11.2. The maximum absolute atomic E-state index is 12.1. The van der Waals surface area contributed by atoms with Gasteiger partial charge in [0.2, 0.25) is 0 Å². The van der Waals surface area contributed by atoms with Gasteiger partial charge in [0.15, 0.2) is 0 Å². The minimum Gasteiger partial charge on any atom is -0.334 e. The van der Waals surface area contributed by atoms with Gasteiger partial charge in [0.25, 0.3) is 0 Å². The molecule has 0 saturated heterocycles. The van der Waals surface area contributed by atoms with E-state index in [1.807, 2.05) is 30.3 Å². The topological polar surface area (TPSA) is 80.0 Å². The van der Waals surface area contributed by atoms with Gasteiger partial charge in [-0.05, 0) is 73.2 Å². The second-order valence-electron chi connectivity index (χ2n) is 8.25. The number of carbonyl (C=O) groups excluding carboxylic acids is 1. The molecule has 4 aromatic rings. The summed E-state index contributed by atoms with van der Waals surface area (Å²) in [6.45, 7) is 9.50. The van der Waals surface area contributed by atoms with Crippen molar-refractivity contribution in [3.8, 4) is 0 Å². The van der Waals surface area contributed by atoms with Crippen LogP contribution in [-0.2, 0) is 13.1 Å². The molecule has 5 heteroatoms. The van der Waals surface area contributed by atoms with E-state index in [9.17, 15) is 4.79 Å². The van der Waals surface area contributed by atoms with Crippen molar-refractivity contribution in [3.05, 3.63) is 106 Å². The summed E-state index contributed by atoms with van der Waals surface area (Å²) in [7, 11) is 0. The van der Waals surface area contributed by atoms with Crippen LogP contribution < -0.4 is 16.4 Å². The molecule has 33 heavy (non-hydrogen) atoms. The number of nitrogens with one attached hydrogen (secondary N) is 2. The first-order chi connectivity index (χ1) is 15.9. The number of urea groups is 1. The van der Waals surface area contributed by atoms with Crippen molar-refractivity contribution in [2.75, 3.05) is 5.32 Å². The number of benzene rings is 3. The highest BCUT2D eigenvalue weighted by atomic mass is 16.2. The van der Waals surface area contributed by atoms with Gasteiger partial charge >= 0.3 is 6.03 Å². The maximum Gasteiger partial charge on any atom is 0.319 e. The van der Waals surface area contributed by atoms with Crippen molar-refractivity contribution in [1.29, 1.82) is 0 Å². The number of nitrogens with zero attached hydrogens (tertiary/aromatic N) is 1. The zero-order valence-electron chi connectivity index (χ0n) is 19.8. The van der Waals surface area contributed by atoms with E-state index >= 15 is 0 Å². The van der Waals surface area contributed by atoms with E-state index in [2.05, 4.69) is 73.6 Å². The molecule has 0 spiro atoms. The fourth-order valence-corrected chi connectivity index (χ4v) is 3.42. The Morgan fingerprint density at radius 1 is 0.848 bits per heavy atom. The predicted molar refractivity (Wildman–Crippen MR) is 137 cm³/mol. The molecular weight excluding hydrogens is 408 g/mol. The molecule has 0 atom stereocenters. The molecule has 2 amide bonds. The third-order valence-electron chi connectivity index (χ3n) is 5.76. The third-order valence-corrected chi connectivity index (χ3v) is 5.76. The Morgan fingerprint density at radius 3 is 2.18 bits per heavy atom. The molecule has 1 aromatic heterocycles. The SMILES string of the molecule is Cc1ccc(CN)cc1C.Cc1ccc(CNC(=O)Nc2cccc3cnccc23)cc1C. The monoisotopic (exact) mass is 440 g/mol. The number of nitrogens with two attached hydrogens (primary N) is 1. The van der Waals surface area contributed by atoms with Crippen LogP contribution in [0.25, 0.3) is 10.8 Å². The molecular formula is C28H32N4O. The summed E-state index contributed by atoms with van der Waals surface area (Å²) in [5.74, 6) is 0. The Labute approximate surface area is 196 Å². The normalized spacial score (nSPS) is 10.3. The van der Waals surface area contributed by atoms with Gasteiger partial charge in [-0.15, -0.1) is 0 Å². The molecule has 3 aromatic carbocycles. The lowest BCUT2D eigenvalue weighted by atomic mass is 10.1. The lowest BCUT2D eigenvalue weighted by Crippen LogP contribution is -2.28. The molecule has 170 valence electrons. The number of aryl methyl sites for hydroxylation is 4. The largest absolute Gasteiger partial charge is 0.334 e. The Bertz CT molecular complexity index is 1240. The Hall–Kier alpha value is -3.70. The van der Waals surface area contributed by atoms with Gasteiger partial charge < -0.3 is 16.4 Å². The maximum atomic E-state index is 12.1. The summed E-state index contributed by atoms with van der Waals surface area (Å²) >= 11 is 0. The first-order valence-electron chi connectivity index (χ1n) is 11.1. The van der Waals surface area contributed by atoms with Gasteiger partial charge in [-0.3, -0.25) is 4.98 Å². The summed E-state index contributed by atoms with van der Waals surface area (Å²) in [5.41, 5.74) is 13.7. The number of rotatable bonds is 4. The third kappa shape index (κ3) is 6.64. The number of amides is 2. The van der Waals surface area contributed by atoms with Crippen LogP contribution in [0.5, 0.6) is 0 Å². The van der Waals surface area contributed by atoms with Crippen LogP contribution in [0.3, 0.4) is 0 Å². The number of fused-ring (bicyclic) bond motifs is 1. The van der Waals surface area contributed by atoms with Crippen LogP contribution in [-0.4, -0.2) is 11.0 Å². The van der Waals surface area contributed by atoms with Crippen LogP contribution in [0, 0.1) is 27.7 Å². The Morgan fingerprint density at radius 2 is 1.52 bits per heavy atom. The van der Waals surface area contributed by atoms with Gasteiger partial charge in [-0.1, -0.05) is 48.5 Å². The molecule has 0 fully saturated rings. The predicted octanol–water partition coefficient (Wildman–Crippen LogP) is 5.94. The molecule has 4 rings (SSSR count). The molecule has 0 aliphatic rings. The quantitative estimate of drug-likeness (QED) is 0.368. The Kier molecular flexibility index (Phi) is 8.17. The summed E-state index contributed by atoms with van der Waals surface area (Å²) in [4.78, 5) is 16.2. The van der Waals surface area contributed by atoms with Gasteiger partial charge in [-0.2, -0.15) is 0 Å². The first-order valence-corrected chi connectivity index (χ1v) is 11.1. The van der Waals surface area contributed by atoms with Crippen LogP contribution >= 0.6 is 0 Å². The van der Waals surface area contributed by atoms with Crippen LogP contribution in [0.4, 0.5) is 10.5 Å². The zero-order valence-corrected chi connectivity index (χ0v) is 19.8. The van der Waals surface area contributed by atoms with E-state index in [0.29, 0.717) is 13.1 Å². The van der Waals surface area contributed by atoms with Crippen molar-refractivity contribution in [1.82, 2.24) is 10.3 Å². The first kappa shape index (κ1) is 24.0. The standard InChI is InChI=1S/C19H19N3O.C9H13N/c1-13-6-7-15(10-14(13)2)11-21-19(23)22-18-5-3-4-16-12-20-9-8-17(16)18;1-7-3-4-9(6-10)5-8(7)2/h3-10,12H,11H2,1-2H3,(H2,21,22,23);3-5H,6,10H2,1-2H3. The average Bonchev–Trinajstić information content (AvgIpc) is 2.82. The molecule has 1 heterocycles. The molecule has 0 bridgehead atoms. The summed E-state index contributed by atoms with van der Waals surface area (Å²) in [6, 6.07) is 20.0. The van der Waals surface area contributed by atoms with Crippen molar-refractivity contribution in [2.24, 2.45) is 5.73 Å². The number of hydrogen-bond acceptors (Lipinski definition) is 3. The summed E-state index contributed by atoms with van der Waals surface area (Å²) < 4.78 is 0. The molecule has 0 aliphatic heterocycles. The van der Waals surface area contributed by atoms with Crippen molar-refractivity contribution < 1.29 is 4.79 Å². The highest BCUT2D eigenvalue weighted by Crippen LogP contribution is 2.22. The minimum atomic E-state index is -0.215. The van der Waals surface area contributed by atoms with E-state index in [-0.39, 0.29) is 6.03 Å². The van der Waals surface area contributed by atoms with E-state index < -0.39 is 0 Å².